The number of aryl methyl sites for hydroxylation is 1. The van der Waals surface area contributed by atoms with Gasteiger partial charge in [0.05, 0.1) is 18.9 Å². The van der Waals surface area contributed by atoms with Crippen LogP contribution in [0.1, 0.15) is 53.1 Å². The van der Waals surface area contributed by atoms with Gasteiger partial charge in [-0.3, -0.25) is 9.59 Å². The molecule has 0 fully saturated rings. The van der Waals surface area contributed by atoms with Crippen molar-refractivity contribution in [1.29, 1.82) is 0 Å². The number of carbonyl (C=O) groups is 2. The van der Waals surface area contributed by atoms with E-state index in [1.165, 1.54) is 16.9 Å². The molecular weight excluding hydrogens is 496 g/mol. The van der Waals surface area contributed by atoms with Crippen LogP contribution in [0.3, 0.4) is 0 Å². The summed E-state index contributed by atoms with van der Waals surface area (Å²) in [5.41, 5.74) is 4.37. The number of ether oxygens (including phenoxy) is 2. The number of benzene rings is 3. The number of carbonyl (C=O) groups excluding carboxylic acids is 2. The highest BCUT2D eigenvalue weighted by atomic mass is 32.1. The van der Waals surface area contributed by atoms with Gasteiger partial charge in [-0.1, -0.05) is 60.7 Å². The zero-order chi connectivity index (χ0) is 26.9. The van der Waals surface area contributed by atoms with Crippen molar-refractivity contribution in [3.8, 4) is 22.8 Å². The van der Waals surface area contributed by atoms with E-state index in [-0.39, 0.29) is 24.5 Å². The SMILES string of the molecule is CCOc1cc(C)c(C(=O)CCC(=O)Nc2nc(-c3ccccc3)c(Cc3ccccc3)s2)cc1OCC. The summed E-state index contributed by atoms with van der Waals surface area (Å²) in [6, 6.07) is 23.7. The van der Waals surface area contributed by atoms with Crippen LogP contribution in [-0.2, 0) is 11.2 Å². The minimum absolute atomic E-state index is 0.0592. The van der Waals surface area contributed by atoms with Gasteiger partial charge in [-0.25, -0.2) is 4.98 Å². The van der Waals surface area contributed by atoms with Crippen molar-refractivity contribution in [3.05, 3.63) is 94.4 Å². The first kappa shape index (κ1) is 27.1. The number of hydrogen-bond donors (Lipinski definition) is 1. The topological polar surface area (TPSA) is 77.5 Å². The number of thiazole rings is 1. The molecule has 4 rings (SSSR count). The molecule has 1 heterocycles. The Morgan fingerprint density at radius 1 is 0.868 bits per heavy atom. The number of aromatic nitrogens is 1. The Balaban J connectivity index is 1.46. The minimum Gasteiger partial charge on any atom is -0.490 e. The van der Waals surface area contributed by atoms with Gasteiger partial charge in [0.2, 0.25) is 5.91 Å². The number of rotatable bonds is 12. The van der Waals surface area contributed by atoms with Crippen molar-refractivity contribution >= 4 is 28.2 Å². The van der Waals surface area contributed by atoms with Crippen LogP contribution >= 0.6 is 11.3 Å². The van der Waals surface area contributed by atoms with Crippen LogP contribution in [0.4, 0.5) is 5.13 Å². The summed E-state index contributed by atoms with van der Waals surface area (Å²) in [7, 11) is 0. The third-order valence-corrected chi connectivity index (χ3v) is 6.94. The molecule has 38 heavy (non-hydrogen) atoms. The van der Waals surface area contributed by atoms with Crippen molar-refractivity contribution in [2.75, 3.05) is 18.5 Å². The van der Waals surface area contributed by atoms with Crippen LogP contribution in [0, 0.1) is 6.92 Å². The molecule has 0 aliphatic carbocycles. The Morgan fingerprint density at radius 3 is 2.16 bits per heavy atom. The van der Waals surface area contributed by atoms with Crippen LogP contribution < -0.4 is 14.8 Å². The monoisotopic (exact) mass is 528 g/mol. The van der Waals surface area contributed by atoms with Gasteiger partial charge < -0.3 is 14.8 Å². The molecular formula is C31H32N2O4S. The molecule has 3 aromatic carbocycles. The molecule has 0 bridgehead atoms. The quantitative estimate of drug-likeness (QED) is 0.198. The maximum absolute atomic E-state index is 13.0. The van der Waals surface area contributed by atoms with Crippen molar-refractivity contribution in [2.45, 2.75) is 40.0 Å². The van der Waals surface area contributed by atoms with E-state index in [9.17, 15) is 9.59 Å². The number of ketones is 1. The van der Waals surface area contributed by atoms with E-state index in [1.54, 1.807) is 6.07 Å². The van der Waals surface area contributed by atoms with Crippen LogP contribution in [0.15, 0.2) is 72.8 Å². The Bertz CT molecular complexity index is 1380. The fraction of sp³-hybridized carbons (Fsp3) is 0.258. The molecule has 4 aromatic rings. The van der Waals surface area contributed by atoms with Crippen molar-refractivity contribution in [3.63, 3.8) is 0 Å². The predicted molar refractivity (Wildman–Crippen MR) is 153 cm³/mol. The summed E-state index contributed by atoms with van der Waals surface area (Å²) in [6.07, 6.45) is 0.861. The zero-order valence-electron chi connectivity index (χ0n) is 22.0. The summed E-state index contributed by atoms with van der Waals surface area (Å²) < 4.78 is 11.3. The molecule has 0 saturated heterocycles. The maximum atomic E-state index is 13.0. The number of nitrogens with one attached hydrogen (secondary N) is 1. The number of nitrogens with zero attached hydrogens (tertiary/aromatic N) is 1. The van der Waals surface area contributed by atoms with E-state index >= 15 is 0 Å². The molecule has 1 aromatic heterocycles. The Hall–Kier alpha value is -3.97. The summed E-state index contributed by atoms with van der Waals surface area (Å²) in [5, 5.41) is 3.44. The summed E-state index contributed by atoms with van der Waals surface area (Å²) in [6.45, 7) is 6.61. The molecule has 0 aliphatic heterocycles. The van der Waals surface area contributed by atoms with Crippen molar-refractivity contribution in [2.24, 2.45) is 0 Å². The Morgan fingerprint density at radius 2 is 1.50 bits per heavy atom. The van der Waals surface area contributed by atoms with Crippen LogP contribution in [0.25, 0.3) is 11.3 Å². The first-order chi connectivity index (χ1) is 18.5. The fourth-order valence-electron chi connectivity index (χ4n) is 4.17. The average molecular weight is 529 g/mol. The van der Waals surface area contributed by atoms with Gasteiger partial charge in [0, 0.05) is 35.3 Å². The molecule has 6 nitrogen and oxygen atoms in total. The average Bonchev–Trinajstić information content (AvgIpc) is 3.31. The summed E-state index contributed by atoms with van der Waals surface area (Å²) in [5.74, 6) is 0.794. The van der Waals surface area contributed by atoms with E-state index in [1.807, 2.05) is 75.4 Å². The maximum Gasteiger partial charge on any atom is 0.226 e. The smallest absolute Gasteiger partial charge is 0.226 e. The minimum atomic E-state index is -0.244. The van der Waals surface area contributed by atoms with Gasteiger partial charge in [-0.2, -0.15) is 0 Å². The number of Topliss-reactive ketones (excluding diaryl/α,β-unsaturated/α-hetero) is 1. The standard InChI is InChI=1S/C31H32N2O4S/c1-4-36-26-18-21(3)24(20-27(26)37-5-2)25(34)16-17-29(35)32-31-33-30(23-14-10-7-11-15-23)28(38-31)19-22-12-8-6-9-13-22/h6-15,18,20H,4-5,16-17,19H2,1-3H3,(H,32,33,35). The van der Waals surface area contributed by atoms with Gasteiger partial charge in [-0.05, 0) is 44.0 Å². The first-order valence-electron chi connectivity index (χ1n) is 12.8. The molecule has 1 amide bonds. The summed E-state index contributed by atoms with van der Waals surface area (Å²) in [4.78, 5) is 31.6. The normalized spacial score (nSPS) is 10.7. The predicted octanol–water partition coefficient (Wildman–Crippen LogP) is 7.11. The molecule has 0 spiro atoms. The molecule has 196 valence electrons. The van der Waals surface area contributed by atoms with Crippen molar-refractivity contribution in [1.82, 2.24) is 4.98 Å². The van der Waals surface area contributed by atoms with E-state index < -0.39 is 0 Å². The third kappa shape index (κ3) is 6.86. The lowest BCUT2D eigenvalue weighted by Gasteiger charge is -2.14. The van der Waals surface area contributed by atoms with Gasteiger partial charge in [-0.15, -0.1) is 11.3 Å². The van der Waals surface area contributed by atoms with Gasteiger partial charge in [0.25, 0.3) is 0 Å². The second kappa shape index (κ2) is 13.0. The third-order valence-electron chi connectivity index (χ3n) is 5.97. The molecule has 0 unspecified atom stereocenters. The molecule has 0 aliphatic rings. The van der Waals surface area contributed by atoms with Crippen molar-refractivity contribution < 1.29 is 19.1 Å². The lowest BCUT2D eigenvalue weighted by Crippen LogP contribution is -2.14. The second-order valence-corrected chi connectivity index (χ2v) is 9.85. The summed E-state index contributed by atoms with van der Waals surface area (Å²) >= 11 is 1.47. The number of anilines is 1. The van der Waals surface area contributed by atoms with Gasteiger partial charge in [0.1, 0.15) is 0 Å². The highest BCUT2D eigenvalue weighted by Gasteiger charge is 2.18. The number of hydrogen-bond acceptors (Lipinski definition) is 6. The highest BCUT2D eigenvalue weighted by molar-refractivity contribution is 7.16. The van der Waals surface area contributed by atoms with Gasteiger partial charge in [0.15, 0.2) is 22.4 Å². The molecule has 0 radical (unpaired) electrons. The van der Waals surface area contributed by atoms with E-state index in [4.69, 9.17) is 14.5 Å². The fourth-order valence-corrected chi connectivity index (χ4v) is 5.20. The Kier molecular flexibility index (Phi) is 9.27. The second-order valence-electron chi connectivity index (χ2n) is 8.77. The molecule has 7 heteroatoms. The van der Waals surface area contributed by atoms with E-state index in [0.717, 1.165) is 28.1 Å². The van der Waals surface area contributed by atoms with Gasteiger partial charge >= 0.3 is 0 Å². The van der Waals surface area contributed by atoms with Crippen LogP contribution in [-0.4, -0.2) is 29.9 Å². The Labute approximate surface area is 227 Å². The zero-order valence-corrected chi connectivity index (χ0v) is 22.8. The largest absolute Gasteiger partial charge is 0.490 e. The lowest BCUT2D eigenvalue weighted by atomic mass is 10.0. The highest BCUT2D eigenvalue weighted by Crippen LogP contribution is 2.34. The van der Waals surface area contributed by atoms with E-state index in [0.29, 0.717) is 35.4 Å². The van der Waals surface area contributed by atoms with Crippen LogP contribution in [0.2, 0.25) is 0 Å². The molecule has 0 atom stereocenters. The molecule has 1 N–H and O–H groups in total. The number of amides is 1. The van der Waals surface area contributed by atoms with E-state index in [2.05, 4.69) is 17.4 Å². The first-order valence-corrected chi connectivity index (χ1v) is 13.6. The molecule has 0 saturated carbocycles. The lowest BCUT2D eigenvalue weighted by molar-refractivity contribution is -0.116. The van der Waals surface area contributed by atoms with Crippen LogP contribution in [0.5, 0.6) is 11.5 Å².